The van der Waals surface area contributed by atoms with Crippen molar-refractivity contribution in [1.29, 1.82) is 0 Å². The third-order valence-electron chi connectivity index (χ3n) is 3.22. The molecule has 3 aromatic heterocycles. The molecule has 12 heteroatoms. The number of amides is 1. The fourth-order valence-corrected chi connectivity index (χ4v) is 3.08. The number of rotatable bonds is 5. The van der Waals surface area contributed by atoms with Gasteiger partial charge in [0.15, 0.2) is 12.4 Å². The number of thiophene rings is 1. The van der Waals surface area contributed by atoms with E-state index in [1.165, 1.54) is 17.2 Å². The van der Waals surface area contributed by atoms with Crippen LogP contribution in [0.3, 0.4) is 0 Å². The molecule has 3 rings (SSSR count). The minimum atomic E-state index is -0.674. The number of nitrogens with one attached hydrogen (secondary N) is 1. The van der Waals surface area contributed by atoms with Gasteiger partial charge in [0.05, 0.1) is 15.7 Å². The van der Waals surface area contributed by atoms with E-state index < -0.39 is 18.5 Å². The molecular weight excluding hydrogens is 403 g/mol. The molecule has 134 valence electrons. The topological polar surface area (TPSA) is 112 Å². The summed E-state index contributed by atoms with van der Waals surface area (Å²) in [5.74, 6) is -1.12. The van der Waals surface area contributed by atoms with E-state index in [2.05, 4.69) is 25.8 Å². The summed E-state index contributed by atoms with van der Waals surface area (Å²) in [4.78, 5) is 28.4. The Morgan fingerprint density at radius 2 is 2.19 bits per heavy atom. The maximum atomic E-state index is 12.2. The number of hydrogen-bond donors (Lipinski definition) is 1. The first-order valence-corrected chi connectivity index (χ1v) is 8.69. The highest BCUT2D eigenvalue weighted by Gasteiger charge is 2.19. The average Bonchev–Trinajstić information content (AvgIpc) is 3.31. The number of aromatic nitrogens is 5. The number of hydrogen-bond acceptors (Lipinski definition) is 8. The molecule has 0 saturated carbocycles. The van der Waals surface area contributed by atoms with Crippen LogP contribution >= 0.6 is 34.5 Å². The molecule has 0 aliphatic heterocycles. The molecule has 0 aliphatic rings. The molecule has 0 aliphatic carbocycles. The normalized spacial score (nSPS) is 10.6. The number of tetrazole rings is 1. The highest BCUT2D eigenvalue weighted by atomic mass is 35.5. The van der Waals surface area contributed by atoms with Gasteiger partial charge in [0.1, 0.15) is 11.2 Å². The van der Waals surface area contributed by atoms with Crippen molar-refractivity contribution >= 4 is 52.2 Å². The van der Waals surface area contributed by atoms with Gasteiger partial charge in [0.2, 0.25) is 0 Å². The number of halogens is 2. The molecule has 0 atom stereocenters. The van der Waals surface area contributed by atoms with E-state index in [1.807, 2.05) is 0 Å². The van der Waals surface area contributed by atoms with Gasteiger partial charge >= 0.3 is 5.97 Å². The maximum Gasteiger partial charge on any atom is 0.351 e. The standard InChI is InChI=1S/C14H10Cl2N6O3S/c1-7-8(15)4-17-13(11(7)16)19-10(23)5-25-14(24)12-9(2-3-26-12)22-6-18-20-21-22/h2-4,6H,5H2,1H3,(H,17,19,23). The lowest BCUT2D eigenvalue weighted by molar-refractivity contribution is -0.119. The molecule has 0 fully saturated rings. The summed E-state index contributed by atoms with van der Waals surface area (Å²) in [7, 11) is 0. The van der Waals surface area contributed by atoms with Crippen LogP contribution in [-0.4, -0.2) is 43.7 Å². The van der Waals surface area contributed by atoms with Crippen molar-refractivity contribution in [2.75, 3.05) is 11.9 Å². The Bertz CT molecular complexity index is 960. The summed E-state index contributed by atoms with van der Waals surface area (Å²) >= 11 is 13.1. The largest absolute Gasteiger partial charge is 0.451 e. The van der Waals surface area contributed by atoms with Crippen LogP contribution in [0, 0.1) is 6.92 Å². The van der Waals surface area contributed by atoms with Gasteiger partial charge in [-0.25, -0.2) is 9.78 Å². The molecule has 3 heterocycles. The van der Waals surface area contributed by atoms with Crippen LogP contribution in [-0.2, 0) is 9.53 Å². The van der Waals surface area contributed by atoms with Crippen LogP contribution in [0.4, 0.5) is 5.82 Å². The van der Waals surface area contributed by atoms with Crippen LogP contribution in [0.15, 0.2) is 24.0 Å². The SMILES string of the molecule is Cc1c(Cl)cnc(NC(=O)COC(=O)c2sccc2-n2cnnn2)c1Cl. The first kappa shape index (κ1) is 18.2. The van der Waals surface area contributed by atoms with E-state index in [1.54, 1.807) is 18.4 Å². The Morgan fingerprint density at radius 1 is 1.38 bits per heavy atom. The van der Waals surface area contributed by atoms with Crippen molar-refractivity contribution < 1.29 is 14.3 Å². The highest BCUT2D eigenvalue weighted by molar-refractivity contribution is 7.12. The molecule has 26 heavy (non-hydrogen) atoms. The maximum absolute atomic E-state index is 12.2. The van der Waals surface area contributed by atoms with E-state index in [0.29, 0.717) is 16.3 Å². The number of pyridine rings is 1. The van der Waals surface area contributed by atoms with E-state index >= 15 is 0 Å². The lowest BCUT2D eigenvalue weighted by Gasteiger charge is -2.09. The predicted molar refractivity (Wildman–Crippen MR) is 94.9 cm³/mol. The number of nitrogens with zero attached hydrogens (tertiary/aromatic N) is 5. The Labute approximate surface area is 160 Å². The van der Waals surface area contributed by atoms with Crippen LogP contribution in [0.1, 0.15) is 15.2 Å². The lowest BCUT2D eigenvalue weighted by atomic mass is 10.3. The van der Waals surface area contributed by atoms with Gasteiger partial charge in [0.25, 0.3) is 5.91 Å². The molecular formula is C14H10Cl2N6O3S. The number of carbonyl (C=O) groups excluding carboxylic acids is 2. The Hall–Kier alpha value is -2.56. The average molecular weight is 413 g/mol. The van der Waals surface area contributed by atoms with E-state index in [-0.39, 0.29) is 15.7 Å². The fourth-order valence-electron chi connectivity index (χ4n) is 1.92. The van der Waals surface area contributed by atoms with Crippen molar-refractivity contribution in [3.63, 3.8) is 0 Å². The quantitative estimate of drug-likeness (QED) is 0.640. The van der Waals surface area contributed by atoms with Crippen molar-refractivity contribution in [2.24, 2.45) is 0 Å². The zero-order valence-corrected chi connectivity index (χ0v) is 15.5. The summed E-state index contributed by atoms with van der Waals surface area (Å²) < 4.78 is 6.36. The molecule has 0 bridgehead atoms. The van der Waals surface area contributed by atoms with E-state index in [4.69, 9.17) is 27.9 Å². The van der Waals surface area contributed by atoms with Crippen molar-refractivity contribution in [1.82, 2.24) is 25.2 Å². The lowest BCUT2D eigenvalue weighted by Crippen LogP contribution is -2.22. The van der Waals surface area contributed by atoms with Gasteiger partial charge in [-0.3, -0.25) is 4.79 Å². The van der Waals surface area contributed by atoms with Gasteiger partial charge in [-0.15, -0.1) is 16.4 Å². The Kier molecular flexibility index (Phi) is 5.45. The van der Waals surface area contributed by atoms with Crippen LogP contribution < -0.4 is 5.32 Å². The predicted octanol–water partition coefficient (Wildman–Crippen LogP) is 2.53. The summed E-state index contributed by atoms with van der Waals surface area (Å²) in [6, 6.07) is 1.66. The molecule has 9 nitrogen and oxygen atoms in total. The number of carbonyl (C=O) groups is 2. The van der Waals surface area contributed by atoms with Gasteiger partial charge in [-0.1, -0.05) is 23.2 Å². The second kappa shape index (κ2) is 7.77. The zero-order valence-electron chi connectivity index (χ0n) is 13.1. The first-order valence-electron chi connectivity index (χ1n) is 7.05. The number of ether oxygens (including phenoxy) is 1. The second-order valence-electron chi connectivity index (χ2n) is 4.91. The molecule has 0 unspecified atom stereocenters. The highest BCUT2D eigenvalue weighted by Crippen LogP contribution is 2.28. The Balaban J connectivity index is 1.63. The molecule has 0 saturated heterocycles. The third kappa shape index (κ3) is 3.82. The summed E-state index contributed by atoms with van der Waals surface area (Å²) in [6.07, 6.45) is 2.72. The molecule has 3 aromatic rings. The smallest absolute Gasteiger partial charge is 0.351 e. The first-order chi connectivity index (χ1) is 12.5. The van der Waals surface area contributed by atoms with Gasteiger partial charge < -0.3 is 10.1 Å². The zero-order chi connectivity index (χ0) is 18.7. The summed E-state index contributed by atoms with van der Waals surface area (Å²) in [6.45, 7) is 1.19. The van der Waals surface area contributed by atoms with E-state index in [0.717, 1.165) is 11.3 Å². The van der Waals surface area contributed by atoms with E-state index in [9.17, 15) is 9.59 Å². The number of esters is 1. The van der Waals surface area contributed by atoms with Crippen LogP contribution in [0.2, 0.25) is 10.0 Å². The number of anilines is 1. The molecule has 0 radical (unpaired) electrons. The van der Waals surface area contributed by atoms with Crippen molar-refractivity contribution in [3.8, 4) is 5.69 Å². The van der Waals surface area contributed by atoms with Crippen LogP contribution in [0.25, 0.3) is 5.69 Å². The molecule has 1 amide bonds. The Morgan fingerprint density at radius 3 is 2.92 bits per heavy atom. The van der Waals surface area contributed by atoms with Gasteiger partial charge in [-0.05, 0) is 34.4 Å². The molecule has 0 spiro atoms. The summed E-state index contributed by atoms with van der Waals surface area (Å²) in [5, 5.41) is 15.5. The third-order valence-corrected chi connectivity index (χ3v) is 4.95. The minimum absolute atomic E-state index is 0.139. The second-order valence-corrected chi connectivity index (χ2v) is 6.61. The van der Waals surface area contributed by atoms with Gasteiger partial charge in [0, 0.05) is 6.20 Å². The molecule has 0 aromatic carbocycles. The van der Waals surface area contributed by atoms with Crippen LogP contribution in [0.5, 0.6) is 0 Å². The minimum Gasteiger partial charge on any atom is -0.451 e. The molecule has 1 N–H and O–H groups in total. The van der Waals surface area contributed by atoms with Crippen molar-refractivity contribution in [3.05, 3.63) is 44.5 Å². The van der Waals surface area contributed by atoms with Gasteiger partial charge in [-0.2, -0.15) is 4.68 Å². The fraction of sp³-hybridized carbons (Fsp3) is 0.143. The summed E-state index contributed by atoms with van der Waals surface area (Å²) in [5.41, 5.74) is 1.05. The van der Waals surface area contributed by atoms with Crippen molar-refractivity contribution in [2.45, 2.75) is 6.92 Å². The monoisotopic (exact) mass is 412 g/mol.